The monoisotopic (exact) mass is 441 g/mol. The van der Waals surface area contributed by atoms with E-state index in [1.54, 1.807) is 26.8 Å². The number of rotatable bonds is 9. The van der Waals surface area contributed by atoms with Gasteiger partial charge in [0.1, 0.15) is 11.6 Å². The topological polar surface area (TPSA) is 63.7 Å². The molecule has 30 heavy (non-hydrogen) atoms. The summed E-state index contributed by atoms with van der Waals surface area (Å²) in [7, 11) is -3.12. The summed E-state index contributed by atoms with van der Waals surface area (Å²) in [4.78, 5) is 14.4. The average molecular weight is 442 g/mol. The number of morpholine rings is 1. The molecule has 1 aromatic rings. The highest BCUT2D eigenvalue weighted by molar-refractivity contribution is 7.92. The van der Waals surface area contributed by atoms with Gasteiger partial charge in [0.25, 0.3) is 0 Å². The molecule has 0 amide bonds. The lowest BCUT2D eigenvalue weighted by Gasteiger charge is -2.37. The maximum atomic E-state index is 14.6. The zero-order valence-electron chi connectivity index (χ0n) is 18.9. The summed E-state index contributed by atoms with van der Waals surface area (Å²) in [6.45, 7) is 10.5. The Labute approximate surface area is 180 Å². The Morgan fingerprint density at radius 3 is 2.33 bits per heavy atom. The summed E-state index contributed by atoms with van der Waals surface area (Å²) in [5.74, 6) is -0.239. The van der Waals surface area contributed by atoms with Gasteiger partial charge in [-0.25, -0.2) is 12.8 Å². The van der Waals surface area contributed by atoms with Gasteiger partial charge in [0, 0.05) is 31.6 Å². The molecule has 0 unspecified atom stereocenters. The third kappa shape index (κ3) is 7.05. The number of nitrogens with zero attached hydrogens (tertiary/aromatic N) is 1. The van der Waals surface area contributed by atoms with E-state index in [0.717, 1.165) is 5.69 Å². The molecule has 1 aliphatic heterocycles. The number of benzene rings is 1. The number of halogens is 1. The maximum Gasteiger partial charge on any atom is 0.155 e. The van der Waals surface area contributed by atoms with Crippen molar-refractivity contribution in [2.24, 2.45) is 0 Å². The standard InChI is InChI=1S/C23H36FNO4S/c1-17-15-25(16-18(2)29-17)20-11-10-19(22(24)14-20)13-21(26)9-7-6-8-12-30(27,28)23(3,4)5/h10-11,14,17-18H,6-9,12-13,15-16H2,1-5H3/t17-,18+. The predicted molar refractivity (Wildman–Crippen MR) is 119 cm³/mol. The van der Waals surface area contributed by atoms with Gasteiger partial charge in [0.05, 0.1) is 22.7 Å². The van der Waals surface area contributed by atoms with Crippen LogP contribution in [0.1, 0.15) is 65.9 Å². The van der Waals surface area contributed by atoms with Crippen LogP contribution in [0.25, 0.3) is 0 Å². The zero-order chi connectivity index (χ0) is 22.5. The van der Waals surface area contributed by atoms with E-state index in [0.29, 0.717) is 44.3 Å². The van der Waals surface area contributed by atoms with Gasteiger partial charge in [-0.05, 0) is 65.2 Å². The molecular formula is C23H36FNO4S. The minimum absolute atomic E-state index is 0.0195. The minimum atomic E-state index is -3.12. The number of unbranched alkanes of at least 4 members (excludes halogenated alkanes) is 2. The maximum absolute atomic E-state index is 14.6. The fraction of sp³-hybridized carbons (Fsp3) is 0.696. The fourth-order valence-electron chi connectivity index (χ4n) is 3.66. The second kappa shape index (κ2) is 10.2. The summed E-state index contributed by atoms with van der Waals surface area (Å²) >= 11 is 0. The molecule has 0 aromatic heterocycles. The van der Waals surface area contributed by atoms with E-state index in [9.17, 15) is 17.6 Å². The molecule has 1 aromatic carbocycles. The molecular weight excluding hydrogens is 405 g/mol. The van der Waals surface area contributed by atoms with Crippen molar-refractivity contribution in [2.75, 3.05) is 23.7 Å². The third-order valence-corrected chi connectivity index (χ3v) is 8.20. The Hall–Kier alpha value is -1.47. The number of anilines is 1. The molecule has 0 spiro atoms. The molecule has 0 N–H and O–H groups in total. The molecule has 2 atom stereocenters. The smallest absolute Gasteiger partial charge is 0.155 e. The summed E-state index contributed by atoms with van der Waals surface area (Å²) in [5.41, 5.74) is 1.22. The SMILES string of the molecule is C[C@@H]1CN(c2ccc(CC(=O)CCCCCS(=O)(=O)C(C)(C)C)c(F)c2)C[C@H](C)O1. The molecule has 0 saturated carbocycles. The second-order valence-corrected chi connectivity index (χ2v) is 12.3. The van der Waals surface area contributed by atoms with E-state index in [1.165, 1.54) is 6.07 Å². The van der Waals surface area contributed by atoms with E-state index >= 15 is 0 Å². The van der Waals surface area contributed by atoms with Crippen LogP contribution in [0, 0.1) is 5.82 Å². The van der Waals surface area contributed by atoms with Crippen LogP contribution in [0.3, 0.4) is 0 Å². The van der Waals surface area contributed by atoms with Crippen molar-refractivity contribution in [3.05, 3.63) is 29.6 Å². The second-order valence-electron chi connectivity index (χ2n) is 9.40. The Bertz CT molecular complexity index is 822. The number of hydrogen-bond donors (Lipinski definition) is 0. The van der Waals surface area contributed by atoms with E-state index in [1.807, 2.05) is 19.9 Å². The van der Waals surface area contributed by atoms with Crippen LogP contribution in [0.4, 0.5) is 10.1 Å². The van der Waals surface area contributed by atoms with Gasteiger partial charge in [-0.3, -0.25) is 4.79 Å². The van der Waals surface area contributed by atoms with Crippen LogP contribution in [0.2, 0.25) is 0 Å². The molecule has 1 aliphatic rings. The van der Waals surface area contributed by atoms with Gasteiger partial charge < -0.3 is 9.64 Å². The molecule has 1 heterocycles. The highest BCUT2D eigenvalue weighted by atomic mass is 32.2. The van der Waals surface area contributed by atoms with Gasteiger partial charge in [0.15, 0.2) is 9.84 Å². The van der Waals surface area contributed by atoms with Crippen LogP contribution in [0.15, 0.2) is 18.2 Å². The first-order valence-electron chi connectivity index (χ1n) is 10.8. The van der Waals surface area contributed by atoms with E-state index < -0.39 is 14.6 Å². The van der Waals surface area contributed by atoms with Crippen LogP contribution in [-0.2, 0) is 25.8 Å². The summed E-state index contributed by atoms with van der Waals surface area (Å²) in [6, 6.07) is 5.07. The number of ether oxygens (including phenoxy) is 1. The van der Waals surface area contributed by atoms with Crippen molar-refractivity contribution >= 4 is 21.3 Å². The largest absolute Gasteiger partial charge is 0.372 e. The average Bonchev–Trinajstić information content (AvgIpc) is 2.61. The molecule has 5 nitrogen and oxygen atoms in total. The molecule has 170 valence electrons. The number of hydrogen-bond acceptors (Lipinski definition) is 5. The predicted octanol–water partition coefficient (Wildman–Crippen LogP) is 4.32. The van der Waals surface area contributed by atoms with Crippen molar-refractivity contribution in [1.82, 2.24) is 0 Å². The Balaban J connectivity index is 1.80. The van der Waals surface area contributed by atoms with Crippen LogP contribution in [-0.4, -0.2) is 50.0 Å². The third-order valence-electron chi connectivity index (χ3n) is 5.51. The molecule has 1 fully saturated rings. The lowest BCUT2D eigenvalue weighted by molar-refractivity contribution is -0.118. The molecule has 7 heteroatoms. The fourth-order valence-corrected chi connectivity index (χ4v) is 4.86. The summed E-state index contributed by atoms with van der Waals surface area (Å²) in [5, 5.41) is 0. The number of sulfone groups is 1. The molecule has 0 bridgehead atoms. The number of Topliss-reactive ketones (excluding diaryl/α,β-unsaturated/α-hetero) is 1. The summed E-state index contributed by atoms with van der Waals surface area (Å²) < 4.78 is 43.7. The molecule has 0 aliphatic carbocycles. The first-order valence-corrected chi connectivity index (χ1v) is 12.5. The van der Waals surface area contributed by atoms with Crippen molar-refractivity contribution in [1.29, 1.82) is 0 Å². The van der Waals surface area contributed by atoms with E-state index in [-0.39, 0.29) is 36.0 Å². The quantitative estimate of drug-likeness (QED) is 0.534. The van der Waals surface area contributed by atoms with Crippen LogP contribution >= 0.6 is 0 Å². The van der Waals surface area contributed by atoms with Gasteiger partial charge >= 0.3 is 0 Å². The minimum Gasteiger partial charge on any atom is -0.372 e. The van der Waals surface area contributed by atoms with Crippen LogP contribution < -0.4 is 4.90 Å². The van der Waals surface area contributed by atoms with Gasteiger partial charge in [-0.2, -0.15) is 0 Å². The van der Waals surface area contributed by atoms with Gasteiger partial charge in [-0.1, -0.05) is 12.5 Å². The Morgan fingerprint density at radius 2 is 1.77 bits per heavy atom. The van der Waals surface area contributed by atoms with Crippen molar-refractivity contribution in [2.45, 2.75) is 83.7 Å². The van der Waals surface area contributed by atoms with Crippen LogP contribution in [0.5, 0.6) is 0 Å². The zero-order valence-corrected chi connectivity index (χ0v) is 19.7. The number of ketones is 1. The van der Waals surface area contributed by atoms with E-state index in [2.05, 4.69) is 4.90 Å². The Kier molecular flexibility index (Phi) is 8.45. The highest BCUT2D eigenvalue weighted by Gasteiger charge is 2.28. The van der Waals surface area contributed by atoms with Crippen molar-refractivity contribution in [3.63, 3.8) is 0 Å². The lowest BCUT2D eigenvalue weighted by Crippen LogP contribution is -2.45. The molecule has 0 radical (unpaired) electrons. The van der Waals surface area contributed by atoms with Gasteiger partial charge in [-0.15, -0.1) is 0 Å². The van der Waals surface area contributed by atoms with E-state index in [4.69, 9.17) is 4.74 Å². The first-order chi connectivity index (χ1) is 13.9. The molecule has 1 saturated heterocycles. The van der Waals surface area contributed by atoms with Crippen molar-refractivity contribution < 1.29 is 22.3 Å². The van der Waals surface area contributed by atoms with Crippen molar-refractivity contribution in [3.8, 4) is 0 Å². The summed E-state index contributed by atoms with van der Waals surface area (Å²) in [6.07, 6.45) is 2.45. The number of carbonyl (C=O) groups excluding carboxylic acids is 1. The Morgan fingerprint density at radius 1 is 1.13 bits per heavy atom. The normalized spacial score (nSPS) is 20.4. The number of carbonyl (C=O) groups is 1. The lowest BCUT2D eigenvalue weighted by atomic mass is 10.0. The first kappa shape index (κ1) is 24.8. The highest BCUT2D eigenvalue weighted by Crippen LogP contribution is 2.24. The van der Waals surface area contributed by atoms with Gasteiger partial charge in [0.2, 0.25) is 0 Å². The molecule has 2 rings (SSSR count).